The van der Waals surface area contributed by atoms with E-state index in [2.05, 4.69) is 26.8 Å². The lowest BCUT2D eigenvalue weighted by Gasteiger charge is -2.30. The Labute approximate surface area is 126 Å². The summed E-state index contributed by atoms with van der Waals surface area (Å²) in [5.74, 6) is -0.876. The van der Waals surface area contributed by atoms with Gasteiger partial charge in [-0.05, 0) is 36.0 Å². The van der Waals surface area contributed by atoms with Crippen LogP contribution in [0.15, 0.2) is 12.2 Å². The Morgan fingerprint density at radius 1 is 1.14 bits per heavy atom. The molecule has 2 bridgehead atoms. The van der Waals surface area contributed by atoms with Crippen LogP contribution in [-0.4, -0.2) is 35.0 Å². The van der Waals surface area contributed by atoms with Crippen molar-refractivity contribution in [3.05, 3.63) is 12.2 Å². The number of hydrogen-bond donors (Lipinski definition) is 1. The first-order chi connectivity index (χ1) is 9.79. The van der Waals surface area contributed by atoms with Crippen LogP contribution in [0.3, 0.4) is 0 Å². The summed E-state index contributed by atoms with van der Waals surface area (Å²) in [6.07, 6.45) is 5.92. The number of carbonyl (C=O) groups is 2. The molecule has 1 amide bonds. The largest absolute Gasteiger partial charge is 0.481 e. The number of allylic oxidation sites excluding steroid dienone is 2. The lowest BCUT2D eigenvalue weighted by Crippen LogP contribution is -2.42. The molecule has 2 fully saturated rings. The van der Waals surface area contributed by atoms with Gasteiger partial charge in [0.25, 0.3) is 0 Å². The predicted octanol–water partition coefficient (Wildman–Crippen LogP) is 2.40. The Kier molecular flexibility index (Phi) is 3.38. The SMILES string of the molecule is CC(C)(C)C1CCN(C(=O)[C@H]2C3C=CC(C3)[C@H]2C(=O)O)C1. The maximum atomic E-state index is 12.9. The summed E-state index contributed by atoms with van der Waals surface area (Å²) in [7, 11) is 0. The van der Waals surface area contributed by atoms with E-state index in [4.69, 9.17) is 0 Å². The van der Waals surface area contributed by atoms with Crippen LogP contribution in [0, 0.1) is 35.0 Å². The number of nitrogens with zero attached hydrogens (tertiary/aromatic N) is 1. The highest BCUT2D eigenvalue weighted by molar-refractivity contribution is 5.87. The molecule has 1 heterocycles. The minimum absolute atomic E-state index is 0.0578. The van der Waals surface area contributed by atoms with E-state index < -0.39 is 11.9 Å². The number of aliphatic carboxylic acids is 1. The molecular weight excluding hydrogens is 266 g/mol. The van der Waals surface area contributed by atoms with E-state index in [0.717, 1.165) is 25.9 Å². The van der Waals surface area contributed by atoms with E-state index in [1.54, 1.807) is 0 Å². The van der Waals surface area contributed by atoms with Crippen molar-refractivity contribution in [1.29, 1.82) is 0 Å². The second kappa shape index (κ2) is 4.85. The fourth-order valence-corrected chi connectivity index (χ4v) is 4.37. The molecular formula is C17H25NO3. The monoisotopic (exact) mass is 291 g/mol. The number of likely N-dealkylation sites (tertiary alicyclic amines) is 1. The first-order valence-electron chi connectivity index (χ1n) is 7.99. The number of amides is 1. The molecule has 3 aliphatic rings. The Balaban J connectivity index is 1.74. The third kappa shape index (κ3) is 2.39. The Bertz CT molecular complexity index is 491. The van der Waals surface area contributed by atoms with Gasteiger partial charge in [-0.2, -0.15) is 0 Å². The highest BCUT2D eigenvalue weighted by Crippen LogP contribution is 2.49. The zero-order valence-corrected chi connectivity index (χ0v) is 13.1. The fraction of sp³-hybridized carbons (Fsp3) is 0.765. The van der Waals surface area contributed by atoms with Gasteiger partial charge in [0.2, 0.25) is 5.91 Å². The van der Waals surface area contributed by atoms with Crippen LogP contribution < -0.4 is 0 Å². The van der Waals surface area contributed by atoms with E-state index >= 15 is 0 Å². The van der Waals surface area contributed by atoms with Crippen LogP contribution in [-0.2, 0) is 9.59 Å². The quantitative estimate of drug-likeness (QED) is 0.795. The predicted molar refractivity (Wildman–Crippen MR) is 79.5 cm³/mol. The molecule has 21 heavy (non-hydrogen) atoms. The first kappa shape index (κ1) is 14.6. The van der Waals surface area contributed by atoms with Gasteiger partial charge in [-0.15, -0.1) is 0 Å². The van der Waals surface area contributed by atoms with Crippen molar-refractivity contribution in [2.45, 2.75) is 33.6 Å². The van der Waals surface area contributed by atoms with Crippen molar-refractivity contribution in [1.82, 2.24) is 4.90 Å². The summed E-state index contributed by atoms with van der Waals surface area (Å²) in [6.45, 7) is 8.21. The van der Waals surface area contributed by atoms with Gasteiger partial charge in [-0.25, -0.2) is 0 Å². The summed E-state index contributed by atoms with van der Waals surface area (Å²) in [4.78, 5) is 26.3. The van der Waals surface area contributed by atoms with Crippen molar-refractivity contribution in [3.63, 3.8) is 0 Å². The highest BCUT2D eigenvalue weighted by atomic mass is 16.4. The number of fused-ring (bicyclic) bond motifs is 2. The average Bonchev–Trinajstić information content (AvgIpc) is 3.10. The van der Waals surface area contributed by atoms with Crippen LogP contribution >= 0.6 is 0 Å². The van der Waals surface area contributed by atoms with Crippen LogP contribution in [0.4, 0.5) is 0 Å². The van der Waals surface area contributed by atoms with Crippen LogP contribution in [0.2, 0.25) is 0 Å². The zero-order chi connectivity index (χ0) is 15.4. The topological polar surface area (TPSA) is 57.6 Å². The summed E-state index contributed by atoms with van der Waals surface area (Å²) in [5.41, 5.74) is 0.204. The van der Waals surface area contributed by atoms with E-state index in [1.807, 2.05) is 11.0 Å². The van der Waals surface area contributed by atoms with Crippen molar-refractivity contribution >= 4 is 11.9 Å². The van der Waals surface area contributed by atoms with E-state index in [-0.39, 0.29) is 29.1 Å². The van der Waals surface area contributed by atoms with E-state index in [1.165, 1.54) is 0 Å². The van der Waals surface area contributed by atoms with Gasteiger partial charge in [0, 0.05) is 13.1 Å². The summed E-state index contributed by atoms with van der Waals surface area (Å²) >= 11 is 0. The zero-order valence-electron chi connectivity index (χ0n) is 13.1. The molecule has 0 spiro atoms. The molecule has 4 heteroatoms. The number of carbonyl (C=O) groups excluding carboxylic acids is 1. The summed E-state index contributed by atoms with van der Waals surface area (Å²) in [6, 6.07) is 0. The molecule has 1 aliphatic heterocycles. The lowest BCUT2D eigenvalue weighted by atomic mass is 9.80. The normalized spacial score (nSPS) is 38.2. The van der Waals surface area contributed by atoms with Crippen LogP contribution in [0.1, 0.15) is 33.6 Å². The van der Waals surface area contributed by atoms with E-state index in [0.29, 0.717) is 5.92 Å². The average molecular weight is 291 g/mol. The molecule has 1 saturated carbocycles. The molecule has 1 saturated heterocycles. The second-order valence-corrected chi connectivity index (χ2v) is 7.97. The van der Waals surface area contributed by atoms with Crippen molar-refractivity contribution in [3.8, 4) is 0 Å². The molecule has 3 rings (SSSR count). The third-order valence-electron chi connectivity index (χ3n) is 5.75. The summed E-state index contributed by atoms with van der Waals surface area (Å²) in [5, 5.41) is 9.47. The molecule has 0 aromatic heterocycles. The molecule has 3 unspecified atom stereocenters. The molecule has 0 aromatic rings. The van der Waals surface area contributed by atoms with Gasteiger partial charge >= 0.3 is 5.97 Å². The number of rotatable bonds is 2. The highest BCUT2D eigenvalue weighted by Gasteiger charge is 2.53. The van der Waals surface area contributed by atoms with Gasteiger partial charge in [0.1, 0.15) is 0 Å². The second-order valence-electron chi connectivity index (χ2n) is 7.97. The van der Waals surface area contributed by atoms with Gasteiger partial charge in [-0.3, -0.25) is 9.59 Å². The van der Waals surface area contributed by atoms with Gasteiger partial charge in [0.15, 0.2) is 0 Å². The number of carboxylic acids is 1. The fourth-order valence-electron chi connectivity index (χ4n) is 4.37. The van der Waals surface area contributed by atoms with E-state index in [9.17, 15) is 14.7 Å². The van der Waals surface area contributed by atoms with Crippen molar-refractivity contribution in [2.75, 3.05) is 13.1 Å². The van der Waals surface area contributed by atoms with Crippen LogP contribution in [0.25, 0.3) is 0 Å². The lowest BCUT2D eigenvalue weighted by molar-refractivity contribution is -0.150. The Morgan fingerprint density at radius 2 is 1.76 bits per heavy atom. The molecule has 5 atom stereocenters. The van der Waals surface area contributed by atoms with Gasteiger partial charge < -0.3 is 10.0 Å². The molecule has 1 N–H and O–H groups in total. The minimum Gasteiger partial charge on any atom is -0.481 e. The smallest absolute Gasteiger partial charge is 0.307 e. The Hall–Kier alpha value is -1.32. The maximum Gasteiger partial charge on any atom is 0.307 e. The van der Waals surface area contributed by atoms with Crippen molar-refractivity contribution < 1.29 is 14.7 Å². The van der Waals surface area contributed by atoms with Gasteiger partial charge in [-0.1, -0.05) is 32.9 Å². The molecule has 116 valence electrons. The minimum atomic E-state index is -0.809. The number of hydrogen-bond acceptors (Lipinski definition) is 2. The number of carboxylic acid groups (broad SMARTS) is 1. The first-order valence-corrected chi connectivity index (χ1v) is 7.99. The molecule has 0 radical (unpaired) electrons. The third-order valence-corrected chi connectivity index (χ3v) is 5.75. The standard InChI is InChI=1S/C17H25NO3/c1-17(2,3)12-6-7-18(9-12)15(19)13-10-4-5-11(8-10)14(13)16(20)21/h4-5,10-14H,6-9H2,1-3H3,(H,20,21)/t10?,11?,12?,13-,14+/m0/s1. The molecule has 2 aliphatic carbocycles. The molecule has 4 nitrogen and oxygen atoms in total. The summed E-state index contributed by atoms with van der Waals surface area (Å²) < 4.78 is 0. The Morgan fingerprint density at radius 3 is 2.29 bits per heavy atom. The molecule has 0 aromatic carbocycles. The van der Waals surface area contributed by atoms with Gasteiger partial charge in [0.05, 0.1) is 11.8 Å². The van der Waals surface area contributed by atoms with Crippen molar-refractivity contribution in [2.24, 2.45) is 35.0 Å². The maximum absolute atomic E-state index is 12.9. The van der Waals surface area contributed by atoms with Crippen LogP contribution in [0.5, 0.6) is 0 Å².